The van der Waals surface area contributed by atoms with E-state index in [2.05, 4.69) is 5.32 Å². The molecular formula is C13H17Cl2NO2. The van der Waals surface area contributed by atoms with Gasteiger partial charge in [-0.05, 0) is 31.0 Å². The summed E-state index contributed by atoms with van der Waals surface area (Å²) in [4.78, 5) is 11.9. The van der Waals surface area contributed by atoms with Gasteiger partial charge in [-0.25, -0.2) is 0 Å². The van der Waals surface area contributed by atoms with Crippen LogP contribution in [0.1, 0.15) is 37.0 Å². The SMILES string of the molecule is CCC(O)(CC)CNC(=O)c1cc(Cl)cc(Cl)c1. The lowest BCUT2D eigenvalue weighted by atomic mass is 9.97. The van der Waals surface area contributed by atoms with E-state index in [1.165, 1.54) is 0 Å². The maximum atomic E-state index is 11.9. The number of carbonyl (C=O) groups is 1. The molecule has 0 saturated heterocycles. The van der Waals surface area contributed by atoms with E-state index in [0.717, 1.165) is 0 Å². The normalized spacial score (nSPS) is 11.4. The highest BCUT2D eigenvalue weighted by Gasteiger charge is 2.23. The summed E-state index contributed by atoms with van der Waals surface area (Å²) in [5.41, 5.74) is -0.472. The second-order valence-corrected chi connectivity index (χ2v) is 5.15. The Morgan fingerprint density at radius 1 is 1.22 bits per heavy atom. The topological polar surface area (TPSA) is 49.3 Å². The number of carbonyl (C=O) groups excluding carboxylic acids is 1. The molecule has 0 spiro atoms. The summed E-state index contributed by atoms with van der Waals surface area (Å²) in [5, 5.41) is 13.6. The van der Waals surface area contributed by atoms with Gasteiger partial charge in [0, 0.05) is 22.2 Å². The third-order valence-electron chi connectivity index (χ3n) is 3.02. The first kappa shape index (κ1) is 15.3. The van der Waals surface area contributed by atoms with Crippen LogP contribution in [0.3, 0.4) is 0 Å². The summed E-state index contributed by atoms with van der Waals surface area (Å²) in [5.74, 6) is -0.292. The number of rotatable bonds is 5. The molecule has 3 nitrogen and oxygen atoms in total. The Morgan fingerprint density at radius 3 is 2.17 bits per heavy atom. The fraction of sp³-hybridized carbons (Fsp3) is 0.462. The van der Waals surface area contributed by atoms with E-state index in [4.69, 9.17) is 23.2 Å². The maximum Gasteiger partial charge on any atom is 0.251 e. The molecule has 0 aliphatic heterocycles. The Balaban J connectivity index is 2.71. The Morgan fingerprint density at radius 2 is 1.72 bits per heavy atom. The molecule has 0 heterocycles. The first-order chi connectivity index (χ1) is 8.40. The molecule has 100 valence electrons. The number of aliphatic hydroxyl groups is 1. The summed E-state index contributed by atoms with van der Waals surface area (Å²) < 4.78 is 0. The van der Waals surface area contributed by atoms with Gasteiger partial charge in [-0.15, -0.1) is 0 Å². The number of hydrogen-bond donors (Lipinski definition) is 2. The quantitative estimate of drug-likeness (QED) is 0.874. The largest absolute Gasteiger partial charge is 0.388 e. The monoisotopic (exact) mass is 289 g/mol. The molecule has 1 aromatic carbocycles. The lowest BCUT2D eigenvalue weighted by Gasteiger charge is -2.25. The zero-order chi connectivity index (χ0) is 13.8. The summed E-state index contributed by atoms with van der Waals surface area (Å²) in [6, 6.07) is 4.65. The van der Waals surface area contributed by atoms with Crippen molar-refractivity contribution >= 4 is 29.1 Å². The van der Waals surface area contributed by atoms with Crippen LogP contribution in [0.25, 0.3) is 0 Å². The zero-order valence-corrected chi connectivity index (χ0v) is 12.0. The molecule has 0 aliphatic rings. The lowest BCUT2D eigenvalue weighted by molar-refractivity contribution is 0.0314. The minimum absolute atomic E-state index is 0.211. The van der Waals surface area contributed by atoms with Crippen molar-refractivity contribution < 1.29 is 9.90 Å². The van der Waals surface area contributed by atoms with Crippen molar-refractivity contribution in [2.24, 2.45) is 0 Å². The van der Waals surface area contributed by atoms with Crippen LogP contribution in [-0.4, -0.2) is 23.2 Å². The molecule has 0 atom stereocenters. The minimum Gasteiger partial charge on any atom is -0.388 e. The number of benzene rings is 1. The third kappa shape index (κ3) is 4.16. The van der Waals surface area contributed by atoms with Gasteiger partial charge < -0.3 is 10.4 Å². The average molecular weight is 290 g/mol. The van der Waals surface area contributed by atoms with Crippen LogP contribution >= 0.6 is 23.2 Å². The van der Waals surface area contributed by atoms with Gasteiger partial charge in [0.15, 0.2) is 0 Å². The minimum atomic E-state index is -0.863. The molecule has 5 heteroatoms. The van der Waals surface area contributed by atoms with Gasteiger partial charge in [0.2, 0.25) is 0 Å². The highest BCUT2D eigenvalue weighted by atomic mass is 35.5. The summed E-state index contributed by atoms with van der Waals surface area (Å²) in [6.07, 6.45) is 1.17. The number of hydrogen-bond acceptors (Lipinski definition) is 2. The molecule has 0 aliphatic carbocycles. The number of nitrogens with one attached hydrogen (secondary N) is 1. The van der Waals surface area contributed by atoms with Gasteiger partial charge in [-0.2, -0.15) is 0 Å². The van der Waals surface area contributed by atoms with Gasteiger partial charge >= 0.3 is 0 Å². The van der Waals surface area contributed by atoms with Crippen molar-refractivity contribution in [2.45, 2.75) is 32.3 Å². The summed E-state index contributed by atoms with van der Waals surface area (Å²) in [7, 11) is 0. The van der Waals surface area contributed by atoms with Gasteiger partial charge in [-0.3, -0.25) is 4.79 Å². The van der Waals surface area contributed by atoms with Crippen LogP contribution in [-0.2, 0) is 0 Å². The third-order valence-corrected chi connectivity index (χ3v) is 3.46. The highest BCUT2D eigenvalue weighted by Crippen LogP contribution is 2.19. The van der Waals surface area contributed by atoms with Gasteiger partial charge in [0.1, 0.15) is 0 Å². The fourth-order valence-electron chi connectivity index (χ4n) is 1.53. The molecule has 1 rings (SSSR count). The van der Waals surface area contributed by atoms with Crippen LogP contribution in [0.15, 0.2) is 18.2 Å². The Bertz CT molecular complexity index is 411. The van der Waals surface area contributed by atoms with Gasteiger partial charge in [0.25, 0.3) is 5.91 Å². The predicted octanol–water partition coefficient (Wildman–Crippen LogP) is 3.27. The van der Waals surface area contributed by atoms with Crippen LogP contribution in [0.5, 0.6) is 0 Å². The Hall–Kier alpha value is -0.770. The molecule has 0 radical (unpaired) electrons. The van der Waals surface area contributed by atoms with E-state index in [0.29, 0.717) is 28.5 Å². The first-order valence-electron chi connectivity index (χ1n) is 5.87. The van der Waals surface area contributed by atoms with Crippen LogP contribution in [0.4, 0.5) is 0 Å². The molecular weight excluding hydrogens is 273 g/mol. The highest BCUT2D eigenvalue weighted by molar-refractivity contribution is 6.35. The summed E-state index contributed by atoms with van der Waals surface area (Å²) in [6.45, 7) is 3.97. The van der Waals surface area contributed by atoms with Crippen molar-refractivity contribution in [1.82, 2.24) is 5.32 Å². The molecule has 18 heavy (non-hydrogen) atoms. The molecule has 1 amide bonds. The Labute approximate surface area is 117 Å². The van der Waals surface area contributed by atoms with Crippen LogP contribution in [0.2, 0.25) is 10.0 Å². The molecule has 0 unspecified atom stereocenters. The smallest absolute Gasteiger partial charge is 0.251 e. The van der Waals surface area contributed by atoms with Crippen LogP contribution < -0.4 is 5.32 Å². The van der Waals surface area contributed by atoms with E-state index < -0.39 is 5.60 Å². The van der Waals surface area contributed by atoms with Crippen molar-refractivity contribution in [3.8, 4) is 0 Å². The lowest BCUT2D eigenvalue weighted by Crippen LogP contribution is -2.42. The first-order valence-corrected chi connectivity index (χ1v) is 6.62. The van der Waals surface area contributed by atoms with Crippen molar-refractivity contribution in [3.05, 3.63) is 33.8 Å². The van der Waals surface area contributed by atoms with Gasteiger partial charge in [0.05, 0.1) is 5.60 Å². The number of amides is 1. The molecule has 0 saturated carbocycles. The Kier molecular flexibility index (Phi) is 5.45. The number of halogens is 2. The molecule has 2 N–H and O–H groups in total. The van der Waals surface area contributed by atoms with Crippen molar-refractivity contribution in [1.29, 1.82) is 0 Å². The van der Waals surface area contributed by atoms with Crippen molar-refractivity contribution in [3.63, 3.8) is 0 Å². The maximum absolute atomic E-state index is 11.9. The van der Waals surface area contributed by atoms with E-state index >= 15 is 0 Å². The van der Waals surface area contributed by atoms with E-state index in [1.54, 1.807) is 18.2 Å². The molecule has 0 aromatic heterocycles. The molecule has 0 fully saturated rings. The van der Waals surface area contributed by atoms with Crippen molar-refractivity contribution in [2.75, 3.05) is 6.54 Å². The summed E-state index contributed by atoms with van der Waals surface area (Å²) >= 11 is 11.7. The van der Waals surface area contributed by atoms with Gasteiger partial charge in [-0.1, -0.05) is 37.0 Å². The second kappa shape index (κ2) is 6.41. The molecule has 1 aromatic rings. The predicted molar refractivity (Wildman–Crippen MR) is 74.3 cm³/mol. The van der Waals surface area contributed by atoms with E-state index in [1.807, 2.05) is 13.8 Å². The molecule has 0 bridgehead atoms. The fourth-order valence-corrected chi connectivity index (χ4v) is 2.06. The second-order valence-electron chi connectivity index (χ2n) is 4.27. The van der Waals surface area contributed by atoms with E-state index in [9.17, 15) is 9.90 Å². The zero-order valence-electron chi connectivity index (χ0n) is 10.5. The average Bonchev–Trinajstić information content (AvgIpc) is 2.34. The standard InChI is InChI=1S/C13H17Cl2NO2/c1-3-13(18,4-2)8-16-12(17)9-5-10(14)7-11(15)6-9/h5-7,18H,3-4,8H2,1-2H3,(H,16,17). The van der Waals surface area contributed by atoms with E-state index in [-0.39, 0.29) is 12.5 Å². The van der Waals surface area contributed by atoms with Crippen LogP contribution in [0, 0.1) is 0 Å².